The second-order valence-electron chi connectivity index (χ2n) is 4.43. The van der Waals surface area contributed by atoms with E-state index in [1.807, 2.05) is 12.1 Å². The van der Waals surface area contributed by atoms with E-state index in [0.29, 0.717) is 16.2 Å². The summed E-state index contributed by atoms with van der Waals surface area (Å²) in [5.41, 5.74) is 7.45. The summed E-state index contributed by atoms with van der Waals surface area (Å²) in [4.78, 5) is 0.293. The summed E-state index contributed by atoms with van der Waals surface area (Å²) in [6.45, 7) is 0. The van der Waals surface area contributed by atoms with E-state index in [1.165, 1.54) is 0 Å². The molecule has 21 heavy (non-hydrogen) atoms. The third-order valence-corrected chi connectivity index (χ3v) is 4.93. The Kier molecular flexibility index (Phi) is 5.17. The van der Waals surface area contributed by atoms with Gasteiger partial charge in [0.2, 0.25) is 10.0 Å². The Balaban J connectivity index is 2.10. The predicted octanol–water partition coefficient (Wildman–Crippen LogP) is 2.87. The molecule has 7 heteroatoms. The molecule has 110 valence electrons. The normalized spacial score (nSPS) is 11.1. The molecule has 0 aromatic heterocycles. The van der Waals surface area contributed by atoms with Gasteiger partial charge in [0, 0.05) is 14.8 Å². The van der Waals surface area contributed by atoms with Gasteiger partial charge >= 0.3 is 0 Å². The van der Waals surface area contributed by atoms with E-state index in [0.717, 1.165) is 9.13 Å². The molecule has 0 unspecified atom stereocenters. The Hall–Kier alpha value is -1.19. The average molecular weight is 432 g/mol. The fourth-order valence-corrected chi connectivity index (χ4v) is 3.41. The van der Waals surface area contributed by atoms with Crippen LogP contribution in [-0.4, -0.2) is 13.4 Å². The van der Waals surface area contributed by atoms with Gasteiger partial charge in [-0.05, 0) is 52.4 Å². The number of rotatable bonds is 5. The minimum Gasteiger partial charge on any atom is -0.389 e. The van der Waals surface area contributed by atoms with Crippen LogP contribution in [-0.2, 0) is 15.8 Å². The number of benzene rings is 2. The van der Waals surface area contributed by atoms with Crippen molar-refractivity contribution in [3.63, 3.8) is 0 Å². The Morgan fingerprint density at radius 2 is 1.67 bits per heavy atom. The Morgan fingerprint density at radius 1 is 1.10 bits per heavy atom. The van der Waals surface area contributed by atoms with E-state index in [4.69, 9.17) is 18.0 Å². The molecule has 0 saturated heterocycles. The summed E-state index contributed by atoms with van der Waals surface area (Å²) in [6.07, 6.45) is 0. The second kappa shape index (κ2) is 6.71. The molecular formula is C14H13IN2O2S2. The number of thiocarbonyl (C=S) groups is 1. The van der Waals surface area contributed by atoms with Gasteiger partial charge in [0.25, 0.3) is 0 Å². The summed E-state index contributed by atoms with van der Waals surface area (Å²) < 4.78 is 27.8. The summed E-state index contributed by atoms with van der Waals surface area (Å²) in [6, 6.07) is 14.0. The lowest BCUT2D eigenvalue weighted by molar-refractivity contribution is 0.600. The monoisotopic (exact) mass is 432 g/mol. The highest BCUT2D eigenvalue weighted by molar-refractivity contribution is 14.1. The lowest BCUT2D eigenvalue weighted by Crippen LogP contribution is -2.15. The maximum atomic E-state index is 12.1. The summed E-state index contributed by atoms with van der Waals surface area (Å²) in [5.74, 6) is -0.101. The third-order valence-electron chi connectivity index (χ3n) is 2.71. The number of hydrogen-bond donors (Lipinski definition) is 2. The SMILES string of the molecule is NC(=S)c1ccc(CS(=O)(=O)Nc2ccc(I)cc2)cc1. The van der Waals surface area contributed by atoms with E-state index in [9.17, 15) is 8.42 Å². The van der Waals surface area contributed by atoms with E-state index in [-0.39, 0.29) is 5.75 Å². The number of nitrogens with two attached hydrogens (primary N) is 1. The van der Waals surface area contributed by atoms with Crippen LogP contribution in [0.5, 0.6) is 0 Å². The van der Waals surface area contributed by atoms with Crippen molar-refractivity contribution in [2.45, 2.75) is 5.75 Å². The lowest BCUT2D eigenvalue weighted by atomic mass is 10.1. The van der Waals surface area contributed by atoms with Gasteiger partial charge in [-0.25, -0.2) is 8.42 Å². The number of nitrogens with one attached hydrogen (secondary N) is 1. The van der Waals surface area contributed by atoms with Crippen LogP contribution in [0.15, 0.2) is 48.5 Å². The molecule has 0 amide bonds. The second-order valence-corrected chi connectivity index (χ2v) is 7.84. The Labute approximate surface area is 142 Å². The van der Waals surface area contributed by atoms with E-state index in [2.05, 4.69) is 27.3 Å². The molecule has 0 radical (unpaired) electrons. The zero-order chi connectivity index (χ0) is 15.5. The van der Waals surface area contributed by atoms with Crippen LogP contribution in [0.1, 0.15) is 11.1 Å². The van der Waals surface area contributed by atoms with E-state index in [1.54, 1.807) is 36.4 Å². The molecule has 0 fully saturated rings. The molecule has 0 aliphatic heterocycles. The van der Waals surface area contributed by atoms with Gasteiger partial charge in [-0.15, -0.1) is 0 Å². The van der Waals surface area contributed by atoms with Crippen molar-refractivity contribution in [3.05, 3.63) is 63.2 Å². The van der Waals surface area contributed by atoms with Gasteiger partial charge in [0.15, 0.2) is 0 Å². The first-order valence-electron chi connectivity index (χ1n) is 6.00. The topological polar surface area (TPSA) is 72.2 Å². The molecule has 2 aromatic rings. The van der Waals surface area contributed by atoms with Gasteiger partial charge in [0.05, 0.1) is 5.75 Å². The van der Waals surface area contributed by atoms with E-state index < -0.39 is 10.0 Å². The molecule has 0 bridgehead atoms. The van der Waals surface area contributed by atoms with Crippen LogP contribution in [0.3, 0.4) is 0 Å². The molecule has 0 atom stereocenters. The molecule has 2 aromatic carbocycles. The molecule has 0 heterocycles. The van der Waals surface area contributed by atoms with Gasteiger partial charge in [-0.3, -0.25) is 4.72 Å². The average Bonchev–Trinajstić information content (AvgIpc) is 2.41. The number of halogens is 1. The van der Waals surface area contributed by atoms with Gasteiger partial charge in [0.1, 0.15) is 4.99 Å². The Morgan fingerprint density at radius 3 is 2.19 bits per heavy atom. The first-order valence-corrected chi connectivity index (χ1v) is 9.14. The van der Waals surface area contributed by atoms with Crippen molar-refractivity contribution in [1.29, 1.82) is 0 Å². The molecule has 4 nitrogen and oxygen atoms in total. The predicted molar refractivity (Wildman–Crippen MR) is 97.7 cm³/mol. The highest BCUT2D eigenvalue weighted by Gasteiger charge is 2.12. The van der Waals surface area contributed by atoms with Gasteiger partial charge in [-0.1, -0.05) is 36.5 Å². The maximum Gasteiger partial charge on any atom is 0.236 e. The smallest absolute Gasteiger partial charge is 0.236 e. The molecule has 0 aliphatic carbocycles. The summed E-state index contributed by atoms with van der Waals surface area (Å²) >= 11 is 7.02. The molecule has 2 rings (SSSR count). The minimum atomic E-state index is -3.45. The summed E-state index contributed by atoms with van der Waals surface area (Å²) in [7, 11) is -3.45. The lowest BCUT2D eigenvalue weighted by Gasteiger charge is -2.08. The van der Waals surface area contributed by atoms with E-state index >= 15 is 0 Å². The van der Waals surface area contributed by atoms with Crippen molar-refractivity contribution in [3.8, 4) is 0 Å². The molecule has 0 saturated carbocycles. The quantitative estimate of drug-likeness (QED) is 0.563. The van der Waals surface area contributed by atoms with Crippen molar-refractivity contribution >= 4 is 55.5 Å². The largest absolute Gasteiger partial charge is 0.389 e. The zero-order valence-corrected chi connectivity index (χ0v) is 14.7. The van der Waals surface area contributed by atoms with Crippen LogP contribution in [0.2, 0.25) is 0 Å². The van der Waals surface area contributed by atoms with Crippen molar-refractivity contribution < 1.29 is 8.42 Å². The van der Waals surface area contributed by atoms with Crippen LogP contribution in [0.25, 0.3) is 0 Å². The molecular weight excluding hydrogens is 419 g/mol. The fourth-order valence-electron chi connectivity index (χ4n) is 1.72. The summed E-state index contributed by atoms with van der Waals surface area (Å²) in [5, 5.41) is 0. The van der Waals surface area contributed by atoms with Crippen molar-refractivity contribution in [2.24, 2.45) is 5.73 Å². The third kappa shape index (κ3) is 4.94. The van der Waals surface area contributed by atoms with Crippen LogP contribution < -0.4 is 10.5 Å². The highest BCUT2D eigenvalue weighted by atomic mass is 127. The highest BCUT2D eigenvalue weighted by Crippen LogP contribution is 2.15. The molecule has 0 spiro atoms. The van der Waals surface area contributed by atoms with Crippen molar-refractivity contribution in [2.75, 3.05) is 4.72 Å². The van der Waals surface area contributed by atoms with Gasteiger partial charge < -0.3 is 5.73 Å². The molecule has 0 aliphatic rings. The fraction of sp³-hybridized carbons (Fsp3) is 0.0714. The van der Waals surface area contributed by atoms with Crippen LogP contribution in [0.4, 0.5) is 5.69 Å². The van der Waals surface area contributed by atoms with Gasteiger partial charge in [-0.2, -0.15) is 0 Å². The number of sulfonamides is 1. The standard InChI is InChI=1S/C14H13IN2O2S2/c15-12-5-7-13(8-6-12)17-21(18,19)9-10-1-3-11(4-2-10)14(16)20/h1-8,17H,9H2,(H2,16,20). The zero-order valence-electron chi connectivity index (χ0n) is 10.9. The first kappa shape index (κ1) is 16.2. The minimum absolute atomic E-state index is 0.101. The van der Waals surface area contributed by atoms with Crippen LogP contribution >= 0.6 is 34.8 Å². The van der Waals surface area contributed by atoms with Crippen molar-refractivity contribution in [1.82, 2.24) is 0 Å². The molecule has 3 N–H and O–H groups in total. The van der Waals surface area contributed by atoms with Crippen LogP contribution in [0, 0.1) is 3.57 Å². The number of anilines is 1. The number of hydrogen-bond acceptors (Lipinski definition) is 3. The maximum absolute atomic E-state index is 12.1. The first-order chi connectivity index (χ1) is 9.85. The Bertz CT molecular complexity index is 742.